The van der Waals surface area contributed by atoms with E-state index in [2.05, 4.69) is 18.7 Å². The molecule has 0 bridgehead atoms. The fourth-order valence-corrected chi connectivity index (χ4v) is 3.97. The molecule has 4 unspecified atom stereocenters. The molecular weight excluding hydrogens is 252 g/mol. The van der Waals surface area contributed by atoms with Crippen LogP contribution in [0.5, 0.6) is 0 Å². The van der Waals surface area contributed by atoms with Gasteiger partial charge in [0.1, 0.15) is 0 Å². The molecule has 1 saturated heterocycles. The van der Waals surface area contributed by atoms with E-state index in [1.807, 2.05) is 0 Å². The maximum Gasteiger partial charge on any atom is 0.228 e. The van der Waals surface area contributed by atoms with Gasteiger partial charge in [0.15, 0.2) is 0 Å². The highest BCUT2D eigenvalue weighted by molar-refractivity contribution is 5.80. The molecule has 116 valence electrons. The van der Waals surface area contributed by atoms with Crippen LogP contribution < -0.4 is 5.73 Å². The lowest BCUT2D eigenvalue weighted by Crippen LogP contribution is -2.50. The van der Waals surface area contributed by atoms with Crippen molar-refractivity contribution in [2.75, 3.05) is 19.7 Å². The molecule has 4 nitrogen and oxygen atoms in total. The van der Waals surface area contributed by atoms with Gasteiger partial charge in [-0.1, -0.05) is 19.8 Å². The number of carbonyl (C=O) groups excluding carboxylic acids is 1. The van der Waals surface area contributed by atoms with Gasteiger partial charge < -0.3 is 15.4 Å². The topological polar surface area (TPSA) is 55.6 Å². The Labute approximate surface area is 123 Å². The monoisotopic (exact) mass is 282 g/mol. The number of hydrogen-bond donors (Lipinski definition) is 1. The van der Waals surface area contributed by atoms with E-state index in [1.165, 1.54) is 19.3 Å². The van der Waals surface area contributed by atoms with Crippen molar-refractivity contribution < 1.29 is 9.53 Å². The molecular formula is C16H30N2O2. The summed E-state index contributed by atoms with van der Waals surface area (Å²) in [5, 5.41) is 0. The van der Waals surface area contributed by atoms with Crippen molar-refractivity contribution in [2.24, 2.45) is 17.6 Å². The van der Waals surface area contributed by atoms with Crippen LogP contribution >= 0.6 is 0 Å². The Bertz CT molecular complexity index is 322. The summed E-state index contributed by atoms with van der Waals surface area (Å²) in [5.74, 6) is 0.859. The lowest BCUT2D eigenvalue weighted by Gasteiger charge is -2.40. The van der Waals surface area contributed by atoms with Gasteiger partial charge >= 0.3 is 0 Å². The highest BCUT2D eigenvalue weighted by Crippen LogP contribution is 2.32. The van der Waals surface area contributed by atoms with Crippen molar-refractivity contribution in [2.45, 2.75) is 64.5 Å². The third-order valence-corrected chi connectivity index (χ3v) is 5.12. The fraction of sp³-hybridized carbons (Fsp3) is 0.938. The van der Waals surface area contributed by atoms with E-state index in [0.717, 1.165) is 32.4 Å². The van der Waals surface area contributed by atoms with Crippen molar-refractivity contribution in [3.63, 3.8) is 0 Å². The number of amides is 1. The average Bonchev–Trinajstić information content (AvgIpc) is 2.96. The molecule has 2 rings (SSSR count). The molecule has 2 aliphatic rings. The molecule has 2 fully saturated rings. The zero-order valence-corrected chi connectivity index (χ0v) is 13.0. The van der Waals surface area contributed by atoms with Crippen molar-refractivity contribution in [3.8, 4) is 0 Å². The van der Waals surface area contributed by atoms with Gasteiger partial charge in [-0.3, -0.25) is 4.79 Å². The second kappa shape index (κ2) is 7.41. The van der Waals surface area contributed by atoms with E-state index >= 15 is 0 Å². The normalized spacial score (nSPS) is 34.1. The summed E-state index contributed by atoms with van der Waals surface area (Å²) in [7, 11) is 0. The molecule has 4 atom stereocenters. The molecule has 1 saturated carbocycles. The fourth-order valence-electron chi connectivity index (χ4n) is 3.97. The lowest BCUT2D eigenvalue weighted by molar-refractivity contribution is -0.141. The minimum Gasteiger partial charge on any atom is -0.377 e. The Hall–Kier alpha value is -0.610. The predicted molar refractivity (Wildman–Crippen MR) is 80.3 cm³/mol. The van der Waals surface area contributed by atoms with Crippen molar-refractivity contribution >= 4 is 5.91 Å². The number of hydrogen-bond acceptors (Lipinski definition) is 3. The molecule has 1 heterocycles. The van der Waals surface area contributed by atoms with Gasteiger partial charge in [-0.15, -0.1) is 0 Å². The average molecular weight is 282 g/mol. The van der Waals surface area contributed by atoms with Crippen LogP contribution in [0, 0.1) is 11.8 Å². The van der Waals surface area contributed by atoms with Crippen LogP contribution in [-0.4, -0.2) is 42.6 Å². The number of rotatable bonds is 5. The van der Waals surface area contributed by atoms with Crippen LogP contribution in [0.1, 0.15) is 52.4 Å². The Morgan fingerprint density at radius 2 is 2.00 bits per heavy atom. The lowest BCUT2D eigenvalue weighted by atomic mass is 9.82. The van der Waals surface area contributed by atoms with Crippen LogP contribution in [0.3, 0.4) is 0 Å². The van der Waals surface area contributed by atoms with Crippen LogP contribution in [0.2, 0.25) is 0 Å². The van der Waals surface area contributed by atoms with E-state index < -0.39 is 0 Å². The molecule has 1 amide bonds. The minimum atomic E-state index is 0.0697. The molecule has 0 aromatic rings. The molecule has 1 aliphatic heterocycles. The second-order valence-electron chi connectivity index (χ2n) is 6.18. The summed E-state index contributed by atoms with van der Waals surface area (Å²) in [4.78, 5) is 15.0. The molecule has 0 aromatic heterocycles. The number of nitrogens with two attached hydrogens (primary N) is 1. The Morgan fingerprint density at radius 1 is 1.25 bits per heavy atom. The molecule has 2 N–H and O–H groups in total. The molecule has 4 heteroatoms. The van der Waals surface area contributed by atoms with E-state index in [-0.39, 0.29) is 12.0 Å². The smallest absolute Gasteiger partial charge is 0.228 e. The van der Waals surface area contributed by atoms with Crippen molar-refractivity contribution in [3.05, 3.63) is 0 Å². The van der Waals surface area contributed by atoms with E-state index in [0.29, 0.717) is 24.4 Å². The zero-order valence-electron chi connectivity index (χ0n) is 13.0. The van der Waals surface area contributed by atoms with Crippen molar-refractivity contribution in [1.82, 2.24) is 4.90 Å². The van der Waals surface area contributed by atoms with Gasteiger partial charge in [-0.05, 0) is 45.1 Å². The SMILES string of the molecule is CCC1OCCC1C(=O)N(CC)C1CCCCC1CN. The summed E-state index contributed by atoms with van der Waals surface area (Å²) in [5.41, 5.74) is 5.93. The maximum absolute atomic E-state index is 12.9. The van der Waals surface area contributed by atoms with Crippen LogP contribution in [0.25, 0.3) is 0 Å². The first kappa shape index (κ1) is 15.8. The Kier molecular flexibility index (Phi) is 5.85. The Morgan fingerprint density at radius 3 is 2.65 bits per heavy atom. The molecule has 0 spiro atoms. The van der Waals surface area contributed by atoms with Crippen molar-refractivity contribution in [1.29, 1.82) is 0 Å². The number of ether oxygens (including phenoxy) is 1. The number of carbonyl (C=O) groups is 1. The van der Waals surface area contributed by atoms with E-state index in [9.17, 15) is 4.79 Å². The number of nitrogens with zero attached hydrogens (tertiary/aromatic N) is 1. The minimum absolute atomic E-state index is 0.0697. The first-order valence-corrected chi connectivity index (χ1v) is 8.35. The summed E-state index contributed by atoms with van der Waals surface area (Å²) in [6.07, 6.45) is 6.70. The third-order valence-electron chi connectivity index (χ3n) is 5.12. The van der Waals surface area contributed by atoms with Gasteiger partial charge in [0.2, 0.25) is 5.91 Å². The predicted octanol–water partition coefficient (Wildman–Crippen LogP) is 2.17. The van der Waals surface area contributed by atoms with Gasteiger partial charge in [-0.25, -0.2) is 0 Å². The first-order valence-electron chi connectivity index (χ1n) is 8.35. The van der Waals surface area contributed by atoms with E-state index in [4.69, 9.17) is 10.5 Å². The second-order valence-corrected chi connectivity index (χ2v) is 6.18. The van der Waals surface area contributed by atoms with E-state index in [1.54, 1.807) is 0 Å². The van der Waals surface area contributed by atoms with Gasteiger partial charge in [0.05, 0.1) is 12.0 Å². The molecule has 1 aliphatic carbocycles. The van der Waals surface area contributed by atoms with Crippen LogP contribution in [0.4, 0.5) is 0 Å². The summed E-state index contributed by atoms with van der Waals surface area (Å²) in [6.45, 7) is 6.43. The maximum atomic E-state index is 12.9. The van der Waals surface area contributed by atoms with Crippen LogP contribution in [-0.2, 0) is 9.53 Å². The van der Waals surface area contributed by atoms with Crippen LogP contribution in [0.15, 0.2) is 0 Å². The standard InChI is InChI=1S/C16H30N2O2/c1-3-15-13(9-10-20-15)16(19)18(4-2)14-8-6-5-7-12(14)11-17/h12-15H,3-11,17H2,1-2H3. The summed E-state index contributed by atoms with van der Waals surface area (Å²) in [6, 6.07) is 0.351. The largest absolute Gasteiger partial charge is 0.377 e. The zero-order chi connectivity index (χ0) is 14.5. The molecule has 20 heavy (non-hydrogen) atoms. The first-order chi connectivity index (χ1) is 9.72. The van der Waals surface area contributed by atoms with Gasteiger partial charge in [0.25, 0.3) is 0 Å². The summed E-state index contributed by atoms with van der Waals surface area (Å²) >= 11 is 0. The Balaban J connectivity index is 2.08. The quantitative estimate of drug-likeness (QED) is 0.841. The third kappa shape index (κ3) is 3.17. The highest BCUT2D eigenvalue weighted by Gasteiger charge is 2.39. The summed E-state index contributed by atoms with van der Waals surface area (Å²) < 4.78 is 5.70. The highest BCUT2D eigenvalue weighted by atomic mass is 16.5. The molecule has 0 radical (unpaired) electrons. The molecule has 0 aromatic carbocycles. The van der Waals surface area contributed by atoms with Gasteiger partial charge in [-0.2, -0.15) is 0 Å². The van der Waals surface area contributed by atoms with Gasteiger partial charge in [0, 0.05) is 19.2 Å².